The lowest BCUT2D eigenvalue weighted by molar-refractivity contribution is -0.138. The molecule has 0 aliphatic carbocycles. The van der Waals surface area contributed by atoms with Gasteiger partial charge in [-0.1, -0.05) is 42.3 Å². The molecule has 0 atom stereocenters. The van der Waals surface area contributed by atoms with Crippen LogP contribution in [0.4, 0.5) is 18.9 Å². The quantitative estimate of drug-likeness (QED) is 0.433. The van der Waals surface area contributed by atoms with Gasteiger partial charge < -0.3 is 13.8 Å². The van der Waals surface area contributed by atoms with Gasteiger partial charge in [0.1, 0.15) is 6.61 Å². The van der Waals surface area contributed by atoms with Crippen LogP contribution in [-0.2, 0) is 22.3 Å². The molecule has 0 amide bonds. The number of anilines is 1. The Labute approximate surface area is 184 Å². The summed E-state index contributed by atoms with van der Waals surface area (Å²) in [4.78, 5) is 14.8. The van der Waals surface area contributed by atoms with E-state index in [4.69, 9.17) is 9.47 Å². The monoisotopic (exact) mass is 454 g/mol. The summed E-state index contributed by atoms with van der Waals surface area (Å²) in [6.45, 7) is 4.26. The molecule has 0 aromatic heterocycles. The van der Waals surface area contributed by atoms with E-state index in [0.29, 0.717) is 31.0 Å². The van der Waals surface area contributed by atoms with Crippen molar-refractivity contribution in [2.24, 2.45) is 0 Å². The van der Waals surface area contributed by atoms with Crippen LogP contribution in [0.2, 0.25) is 0 Å². The third-order valence-corrected chi connectivity index (χ3v) is 5.81. The zero-order valence-corrected chi connectivity index (χ0v) is 18.0. The Balaban J connectivity index is 1.77. The number of halogens is 3. The normalized spacial score (nSPS) is 15.0. The molecule has 1 aliphatic heterocycles. The second-order valence-corrected chi connectivity index (χ2v) is 7.83. The molecule has 1 aliphatic rings. The Hall–Kier alpha value is -2.23. The third kappa shape index (κ3) is 6.62. The van der Waals surface area contributed by atoms with Crippen molar-refractivity contribution in [3.05, 3.63) is 65.2 Å². The van der Waals surface area contributed by atoms with Crippen LogP contribution in [0.3, 0.4) is 0 Å². The van der Waals surface area contributed by atoms with E-state index in [1.54, 1.807) is 24.3 Å². The predicted molar refractivity (Wildman–Crippen MR) is 115 cm³/mol. The van der Waals surface area contributed by atoms with E-state index in [1.807, 2.05) is 16.6 Å². The molecule has 0 bridgehead atoms. The summed E-state index contributed by atoms with van der Waals surface area (Å²) in [5.41, 5.74) is -0.243. The average Bonchev–Trinajstić information content (AvgIpc) is 2.78. The highest BCUT2D eigenvalue weighted by Gasteiger charge is 2.36. The van der Waals surface area contributed by atoms with E-state index < -0.39 is 23.3 Å². The molecule has 2 aromatic carbocycles. The fourth-order valence-corrected chi connectivity index (χ4v) is 3.88. The van der Waals surface area contributed by atoms with Crippen LogP contribution in [0.15, 0.2) is 48.5 Å². The zero-order chi connectivity index (χ0) is 22.3. The van der Waals surface area contributed by atoms with Gasteiger partial charge in [0.25, 0.3) is 0 Å². The highest BCUT2D eigenvalue weighted by Crippen LogP contribution is 2.35. The molecule has 0 unspecified atom stereocenters. The number of nitrogens with zero attached hydrogens (tertiary/aromatic N) is 2. The Morgan fingerprint density at radius 3 is 2.52 bits per heavy atom. The van der Waals surface area contributed by atoms with E-state index in [9.17, 15) is 18.0 Å². The number of carbonyl (C=O) groups is 1. The van der Waals surface area contributed by atoms with Gasteiger partial charge in [-0.25, -0.2) is 4.79 Å². The molecule has 2 aromatic rings. The molecular weight excluding hydrogens is 429 g/mol. The van der Waals surface area contributed by atoms with E-state index in [0.717, 1.165) is 25.7 Å². The Bertz CT molecular complexity index is 859. The summed E-state index contributed by atoms with van der Waals surface area (Å²) in [5.74, 6) is -0.993. The van der Waals surface area contributed by atoms with Gasteiger partial charge in [0.05, 0.1) is 24.3 Å². The van der Waals surface area contributed by atoms with Crippen molar-refractivity contribution in [2.45, 2.75) is 12.8 Å². The molecular formula is C22H25F3N2O3S. The van der Waals surface area contributed by atoms with Gasteiger partial charge in [-0.2, -0.15) is 13.2 Å². The maximum atomic E-state index is 13.5. The summed E-state index contributed by atoms with van der Waals surface area (Å²) < 4.78 is 53.0. The minimum Gasteiger partial charge on any atom is -0.457 e. The molecule has 9 heteroatoms. The van der Waals surface area contributed by atoms with Gasteiger partial charge in [-0.05, 0) is 23.8 Å². The Kier molecular flexibility index (Phi) is 8.22. The van der Waals surface area contributed by atoms with Crippen molar-refractivity contribution in [1.82, 2.24) is 4.90 Å². The van der Waals surface area contributed by atoms with E-state index in [-0.39, 0.29) is 6.61 Å². The van der Waals surface area contributed by atoms with Gasteiger partial charge in [0.15, 0.2) is 0 Å². The van der Waals surface area contributed by atoms with Gasteiger partial charge in [-0.15, -0.1) is 0 Å². The van der Waals surface area contributed by atoms with Crippen LogP contribution in [0.25, 0.3) is 0 Å². The highest BCUT2D eigenvalue weighted by atomic mass is 32.2. The number of hydrogen-bond acceptors (Lipinski definition) is 6. The Morgan fingerprint density at radius 1 is 1.16 bits per heavy atom. The van der Waals surface area contributed by atoms with Gasteiger partial charge >= 0.3 is 12.1 Å². The van der Waals surface area contributed by atoms with Crippen LogP contribution in [0, 0.1) is 0 Å². The van der Waals surface area contributed by atoms with Crippen LogP contribution in [-0.4, -0.2) is 56.5 Å². The summed E-state index contributed by atoms with van der Waals surface area (Å²) in [5, 5.41) is 0. The molecule has 5 nitrogen and oxygen atoms in total. The van der Waals surface area contributed by atoms with Crippen LogP contribution in [0.5, 0.6) is 0 Å². The van der Waals surface area contributed by atoms with Gasteiger partial charge in [-0.3, -0.25) is 4.90 Å². The number of alkyl halides is 3. The number of esters is 1. The molecule has 3 rings (SSSR count). The number of carbonyl (C=O) groups excluding carboxylic acids is 1. The van der Waals surface area contributed by atoms with Crippen LogP contribution >= 0.6 is 11.9 Å². The highest BCUT2D eigenvalue weighted by molar-refractivity contribution is 7.99. The molecule has 168 valence electrons. The van der Waals surface area contributed by atoms with Crippen LogP contribution in [0.1, 0.15) is 21.5 Å². The van der Waals surface area contributed by atoms with E-state index in [1.165, 1.54) is 24.1 Å². The Morgan fingerprint density at radius 2 is 1.87 bits per heavy atom. The fourth-order valence-electron chi connectivity index (χ4n) is 3.29. The minimum atomic E-state index is -4.66. The SMILES string of the molecule is CSN(CCN1CCOCC1)c1ccc(C(F)(F)F)c(C(=O)OCc2ccccc2)c1. The van der Waals surface area contributed by atoms with Gasteiger partial charge in [0, 0.05) is 38.1 Å². The lowest BCUT2D eigenvalue weighted by Crippen LogP contribution is -2.40. The molecule has 0 saturated carbocycles. The maximum Gasteiger partial charge on any atom is 0.417 e. The zero-order valence-electron chi connectivity index (χ0n) is 17.2. The molecule has 1 fully saturated rings. The lowest BCUT2D eigenvalue weighted by atomic mass is 10.1. The summed E-state index contributed by atoms with van der Waals surface area (Å²) in [6, 6.07) is 12.5. The lowest BCUT2D eigenvalue weighted by Gasteiger charge is -2.30. The first-order valence-corrected chi connectivity index (χ1v) is 11.1. The first-order valence-electron chi connectivity index (χ1n) is 9.92. The third-order valence-electron chi connectivity index (χ3n) is 4.97. The number of rotatable bonds is 8. The van der Waals surface area contributed by atoms with E-state index >= 15 is 0 Å². The first-order chi connectivity index (χ1) is 14.9. The van der Waals surface area contributed by atoms with Gasteiger partial charge in [0.2, 0.25) is 0 Å². The average molecular weight is 455 g/mol. The number of benzene rings is 2. The molecule has 1 heterocycles. The van der Waals surface area contributed by atoms with Crippen LogP contribution < -0.4 is 4.31 Å². The van der Waals surface area contributed by atoms with Crippen molar-refractivity contribution in [1.29, 1.82) is 0 Å². The van der Waals surface area contributed by atoms with Crippen molar-refractivity contribution in [3.8, 4) is 0 Å². The predicted octanol–water partition coefficient (Wildman–Crippen LogP) is 4.48. The van der Waals surface area contributed by atoms with Crippen molar-refractivity contribution >= 4 is 23.6 Å². The summed E-state index contributed by atoms with van der Waals surface area (Å²) in [7, 11) is 0. The smallest absolute Gasteiger partial charge is 0.417 e. The number of ether oxygens (including phenoxy) is 2. The first kappa shape index (κ1) is 23.4. The second-order valence-electron chi connectivity index (χ2n) is 7.03. The molecule has 0 spiro atoms. The second kappa shape index (κ2) is 10.9. The minimum absolute atomic E-state index is 0.0928. The molecule has 0 radical (unpaired) electrons. The van der Waals surface area contributed by atoms with Crippen molar-refractivity contribution in [3.63, 3.8) is 0 Å². The molecule has 31 heavy (non-hydrogen) atoms. The van der Waals surface area contributed by atoms with Crippen molar-refractivity contribution in [2.75, 3.05) is 50.0 Å². The summed E-state index contributed by atoms with van der Waals surface area (Å²) in [6.07, 6.45) is -2.80. The molecule has 0 N–H and O–H groups in total. The summed E-state index contributed by atoms with van der Waals surface area (Å²) >= 11 is 1.40. The van der Waals surface area contributed by atoms with E-state index in [2.05, 4.69) is 4.90 Å². The standard InChI is InChI=1S/C22H25F3N2O3S/c1-31-27(10-9-26-11-13-29-14-12-26)18-7-8-20(22(23,24)25)19(15-18)21(28)30-16-17-5-3-2-4-6-17/h2-8,15H,9-14,16H2,1H3. The fraction of sp³-hybridized carbons (Fsp3) is 0.409. The number of morpholine rings is 1. The van der Waals surface area contributed by atoms with Crippen molar-refractivity contribution < 1.29 is 27.4 Å². The topological polar surface area (TPSA) is 42.0 Å². The molecule has 1 saturated heterocycles. The maximum absolute atomic E-state index is 13.5. The number of hydrogen-bond donors (Lipinski definition) is 0. The largest absolute Gasteiger partial charge is 0.457 e.